The van der Waals surface area contributed by atoms with Crippen molar-refractivity contribution in [3.63, 3.8) is 0 Å². The quantitative estimate of drug-likeness (QED) is 0.870. The van der Waals surface area contributed by atoms with Gasteiger partial charge in [0.05, 0.1) is 17.1 Å². The van der Waals surface area contributed by atoms with Crippen LogP contribution >= 0.6 is 0 Å². The zero-order valence-electron chi connectivity index (χ0n) is 10.1. The topological polar surface area (TPSA) is 63.6 Å². The van der Waals surface area contributed by atoms with Crippen LogP contribution in [0.2, 0.25) is 0 Å². The van der Waals surface area contributed by atoms with Crippen LogP contribution in [0.25, 0.3) is 0 Å². The zero-order valence-corrected chi connectivity index (χ0v) is 10.9. The lowest BCUT2D eigenvalue weighted by Gasteiger charge is -2.16. The van der Waals surface area contributed by atoms with Gasteiger partial charge in [-0.3, -0.25) is 0 Å². The van der Waals surface area contributed by atoms with Crippen LogP contribution in [-0.2, 0) is 9.84 Å². The SMILES string of the molecule is CCOc1ccc2c(c1C(F)F)C(O)C(F)(F)S2(=O)=O. The first-order chi connectivity index (χ1) is 9.16. The Kier molecular flexibility index (Phi) is 3.45. The van der Waals surface area contributed by atoms with Gasteiger partial charge in [-0.15, -0.1) is 0 Å². The predicted molar refractivity (Wildman–Crippen MR) is 59.7 cm³/mol. The molecule has 0 aromatic heterocycles. The number of fused-ring (bicyclic) bond motifs is 1. The van der Waals surface area contributed by atoms with Crippen molar-refractivity contribution in [2.45, 2.75) is 29.6 Å². The van der Waals surface area contributed by atoms with Crippen molar-refractivity contribution in [2.75, 3.05) is 6.61 Å². The Hall–Kier alpha value is -1.35. The Morgan fingerprint density at radius 3 is 2.50 bits per heavy atom. The van der Waals surface area contributed by atoms with E-state index in [0.29, 0.717) is 0 Å². The summed E-state index contributed by atoms with van der Waals surface area (Å²) >= 11 is 0. The highest BCUT2D eigenvalue weighted by Crippen LogP contribution is 2.53. The molecule has 0 fully saturated rings. The Morgan fingerprint density at radius 1 is 1.40 bits per heavy atom. The molecular weight excluding hydrogens is 304 g/mol. The highest BCUT2D eigenvalue weighted by Gasteiger charge is 2.61. The minimum Gasteiger partial charge on any atom is -0.493 e. The number of ether oxygens (including phenoxy) is 1. The minimum atomic E-state index is -5.19. The van der Waals surface area contributed by atoms with E-state index in [1.807, 2.05) is 0 Å². The van der Waals surface area contributed by atoms with E-state index in [-0.39, 0.29) is 6.61 Å². The van der Waals surface area contributed by atoms with Gasteiger partial charge in [-0.05, 0) is 19.1 Å². The molecule has 112 valence electrons. The molecule has 0 saturated carbocycles. The maximum atomic E-state index is 13.5. The van der Waals surface area contributed by atoms with Crippen molar-refractivity contribution < 1.29 is 35.8 Å². The Balaban J connectivity index is 2.81. The molecule has 2 rings (SSSR count). The van der Waals surface area contributed by atoms with E-state index in [4.69, 9.17) is 4.74 Å². The third-order valence-electron chi connectivity index (χ3n) is 2.96. The van der Waals surface area contributed by atoms with Gasteiger partial charge in [-0.25, -0.2) is 17.2 Å². The Bertz CT molecular complexity index is 642. The van der Waals surface area contributed by atoms with Gasteiger partial charge in [0.1, 0.15) is 5.75 Å². The first kappa shape index (κ1) is 15.0. The highest BCUT2D eigenvalue weighted by atomic mass is 32.2. The van der Waals surface area contributed by atoms with Crippen molar-refractivity contribution in [2.24, 2.45) is 0 Å². The summed E-state index contributed by atoms with van der Waals surface area (Å²) in [5.74, 6) is -0.423. The number of aliphatic hydroxyl groups is 1. The molecule has 1 heterocycles. The lowest BCUT2D eigenvalue weighted by molar-refractivity contribution is -0.0392. The van der Waals surface area contributed by atoms with Gasteiger partial charge in [-0.1, -0.05) is 0 Å². The lowest BCUT2D eigenvalue weighted by Crippen LogP contribution is -2.28. The van der Waals surface area contributed by atoms with E-state index in [2.05, 4.69) is 0 Å². The van der Waals surface area contributed by atoms with E-state index in [9.17, 15) is 31.1 Å². The molecule has 0 bridgehead atoms. The predicted octanol–water partition coefficient (Wildman–Crippen LogP) is 2.44. The normalized spacial score (nSPS) is 22.9. The van der Waals surface area contributed by atoms with Gasteiger partial charge < -0.3 is 9.84 Å². The summed E-state index contributed by atoms with van der Waals surface area (Å²) < 4.78 is 81.2. The third kappa shape index (κ3) is 1.80. The lowest BCUT2D eigenvalue weighted by atomic mass is 10.0. The molecule has 1 unspecified atom stereocenters. The van der Waals surface area contributed by atoms with Crippen LogP contribution in [0, 0.1) is 0 Å². The van der Waals surface area contributed by atoms with E-state index in [1.54, 1.807) is 0 Å². The number of rotatable bonds is 3. The summed E-state index contributed by atoms with van der Waals surface area (Å²) in [6.07, 6.45) is -6.10. The van der Waals surface area contributed by atoms with Crippen molar-refractivity contribution in [1.82, 2.24) is 0 Å². The fraction of sp³-hybridized carbons (Fsp3) is 0.455. The first-order valence-electron chi connectivity index (χ1n) is 5.54. The molecule has 1 aliphatic heterocycles. The molecule has 20 heavy (non-hydrogen) atoms. The largest absolute Gasteiger partial charge is 0.493 e. The van der Waals surface area contributed by atoms with Gasteiger partial charge in [0, 0.05) is 5.56 Å². The summed E-state index contributed by atoms with van der Waals surface area (Å²) in [6, 6.07) is 1.63. The molecule has 0 spiro atoms. The van der Waals surface area contributed by atoms with Crippen molar-refractivity contribution in [1.29, 1.82) is 0 Å². The molecule has 0 radical (unpaired) electrons. The first-order valence-corrected chi connectivity index (χ1v) is 7.02. The number of alkyl halides is 4. The van der Waals surface area contributed by atoms with Crippen molar-refractivity contribution >= 4 is 9.84 Å². The average molecular weight is 314 g/mol. The summed E-state index contributed by atoms with van der Waals surface area (Å²) in [5.41, 5.74) is -2.01. The molecule has 9 heteroatoms. The summed E-state index contributed by atoms with van der Waals surface area (Å²) in [5, 5.41) is 4.91. The standard InChI is InChI=1S/C11H10F4O4S/c1-2-19-5-3-4-6-8(7(5)10(12)13)9(16)11(14,15)20(6,17)18/h3-4,9-10,16H,2H2,1H3. The molecule has 1 aromatic rings. The van der Waals surface area contributed by atoms with Crippen molar-refractivity contribution in [3.05, 3.63) is 23.3 Å². The highest BCUT2D eigenvalue weighted by molar-refractivity contribution is 7.92. The van der Waals surface area contributed by atoms with E-state index < -0.39 is 49.4 Å². The number of sulfone groups is 1. The minimum absolute atomic E-state index is 0.0161. The molecular formula is C11H10F4O4S. The van der Waals surface area contributed by atoms with Gasteiger partial charge in [-0.2, -0.15) is 8.78 Å². The van der Waals surface area contributed by atoms with Gasteiger partial charge in [0.15, 0.2) is 6.10 Å². The van der Waals surface area contributed by atoms with Crippen molar-refractivity contribution in [3.8, 4) is 5.75 Å². The zero-order chi connectivity index (χ0) is 15.3. The smallest absolute Gasteiger partial charge is 0.379 e. The third-order valence-corrected chi connectivity index (χ3v) is 4.84. The second-order valence-electron chi connectivity index (χ2n) is 4.09. The number of benzene rings is 1. The van der Waals surface area contributed by atoms with Gasteiger partial charge in [0.2, 0.25) is 9.84 Å². The maximum Gasteiger partial charge on any atom is 0.379 e. The van der Waals surface area contributed by atoms with Gasteiger partial charge in [0.25, 0.3) is 6.43 Å². The molecule has 0 amide bonds. The second-order valence-corrected chi connectivity index (χ2v) is 6.08. The molecule has 1 aliphatic rings. The summed E-state index contributed by atoms with van der Waals surface area (Å²) in [4.78, 5) is -0.992. The monoisotopic (exact) mass is 314 g/mol. The number of halogens is 4. The van der Waals surface area contributed by atoms with Crippen LogP contribution in [0.1, 0.15) is 30.6 Å². The van der Waals surface area contributed by atoms with Gasteiger partial charge >= 0.3 is 5.25 Å². The maximum absolute atomic E-state index is 13.5. The fourth-order valence-corrected chi connectivity index (χ4v) is 3.54. The molecule has 4 nitrogen and oxygen atoms in total. The van der Waals surface area contributed by atoms with Crippen LogP contribution in [0.15, 0.2) is 17.0 Å². The van der Waals surface area contributed by atoms with Crippen LogP contribution in [-0.4, -0.2) is 25.4 Å². The van der Waals surface area contributed by atoms with Crippen LogP contribution in [0.5, 0.6) is 5.75 Å². The molecule has 0 aliphatic carbocycles. The molecule has 1 N–H and O–H groups in total. The summed E-state index contributed by atoms with van der Waals surface area (Å²) in [7, 11) is -5.19. The second kappa shape index (κ2) is 4.59. The fourth-order valence-electron chi connectivity index (χ4n) is 2.08. The molecule has 0 saturated heterocycles. The number of hydrogen-bond acceptors (Lipinski definition) is 4. The van der Waals surface area contributed by atoms with E-state index in [1.165, 1.54) is 6.92 Å². The van der Waals surface area contributed by atoms with E-state index >= 15 is 0 Å². The Labute approximate surface area is 111 Å². The van der Waals surface area contributed by atoms with Crippen LogP contribution in [0.4, 0.5) is 17.6 Å². The summed E-state index contributed by atoms with van der Waals surface area (Å²) in [6.45, 7) is 1.47. The van der Waals surface area contributed by atoms with Crippen LogP contribution < -0.4 is 4.74 Å². The number of aliphatic hydroxyl groups excluding tert-OH is 1. The number of hydrogen-bond donors (Lipinski definition) is 1. The van der Waals surface area contributed by atoms with E-state index in [0.717, 1.165) is 12.1 Å². The average Bonchev–Trinajstić information content (AvgIpc) is 2.48. The Morgan fingerprint density at radius 2 is 2.00 bits per heavy atom. The van der Waals surface area contributed by atoms with Crippen LogP contribution in [0.3, 0.4) is 0 Å². The molecule has 1 aromatic carbocycles. The molecule has 1 atom stereocenters.